The summed E-state index contributed by atoms with van der Waals surface area (Å²) in [5, 5.41) is 14.2. The van der Waals surface area contributed by atoms with Crippen LogP contribution in [-0.4, -0.2) is 67.9 Å². The second-order valence-electron chi connectivity index (χ2n) is 8.43. The average Bonchev–Trinajstić information content (AvgIpc) is 2.89. The number of morpholine rings is 1. The maximum Gasteiger partial charge on any atom is 0.335 e. The van der Waals surface area contributed by atoms with Gasteiger partial charge in [-0.25, -0.2) is 4.79 Å². The Bertz CT molecular complexity index is 1180. The first-order valence-electron chi connectivity index (χ1n) is 11.8. The van der Waals surface area contributed by atoms with E-state index in [4.69, 9.17) is 14.6 Å². The number of aromatic carboxylic acids is 1. The van der Waals surface area contributed by atoms with Crippen LogP contribution in [0.4, 0.5) is 0 Å². The van der Waals surface area contributed by atoms with E-state index >= 15 is 0 Å². The molecule has 1 aliphatic rings. The number of carboxylic acids is 1. The predicted octanol–water partition coefficient (Wildman–Crippen LogP) is 3.84. The predicted molar refractivity (Wildman–Crippen MR) is 136 cm³/mol. The lowest BCUT2D eigenvalue weighted by Crippen LogP contribution is -2.38. The van der Waals surface area contributed by atoms with Crippen LogP contribution in [0.15, 0.2) is 72.3 Å². The number of rotatable bonds is 10. The average molecular weight is 475 g/mol. The maximum absolute atomic E-state index is 13.1. The highest BCUT2D eigenvalue weighted by atomic mass is 16.5. The number of hydrogen-bond acceptors (Lipinski definition) is 5. The second-order valence-corrected chi connectivity index (χ2v) is 8.43. The molecule has 1 fully saturated rings. The van der Waals surface area contributed by atoms with E-state index in [-0.39, 0.29) is 18.1 Å². The van der Waals surface area contributed by atoms with Crippen LogP contribution in [0.1, 0.15) is 22.3 Å². The molecule has 0 aliphatic carbocycles. The smallest absolute Gasteiger partial charge is 0.335 e. The minimum atomic E-state index is -0.988. The number of fused-ring (bicyclic) bond motifs is 1. The summed E-state index contributed by atoms with van der Waals surface area (Å²) in [5.41, 5.74) is 1.39. The Morgan fingerprint density at radius 2 is 1.74 bits per heavy atom. The lowest BCUT2D eigenvalue weighted by atomic mass is 10.1. The van der Waals surface area contributed by atoms with Crippen molar-refractivity contribution in [2.45, 2.75) is 6.42 Å². The molecule has 1 aliphatic heterocycles. The van der Waals surface area contributed by atoms with Crippen molar-refractivity contribution >= 4 is 28.7 Å². The van der Waals surface area contributed by atoms with E-state index in [9.17, 15) is 9.59 Å². The van der Waals surface area contributed by atoms with Gasteiger partial charge in [0.1, 0.15) is 12.4 Å². The molecule has 0 aromatic heterocycles. The van der Waals surface area contributed by atoms with Crippen molar-refractivity contribution in [3.05, 3.63) is 83.4 Å². The molecule has 182 valence electrons. The summed E-state index contributed by atoms with van der Waals surface area (Å²) in [4.78, 5) is 26.6. The summed E-state index contributed by atoms with van der Waals surface area (Å²) in [6, 6.07) is 20.2. The Morgan fingerprint density at radius 3 is 2.51 bits per heavy atom. The number of benzene rings is 3. The van der Waals surface area contributed by atoms with Gasteiger partial charge in [-0.2, -0.15) is 0 Å². The van der Waals surface area contributed by atoms with Crippen LogP contribution >= 0.6 is 0 Å². The van der Waals surface area contributed by atoms with Gasteiger partial charge in [-0.1, -0.05) is 48.5 Å². The van der Waals surface area contributed by atoms with Crippen LogP contribution < -0.4 is 10.1 Å². The molecular weight excluding hydrogens is 444 g/mol. The van der Waals surface area contributed by atoms with Crippen LogP contribution in [0, 0.1) is 0 Å². The minimum Gasteiger partial charge on any atom is -0.488 e. The van der Waals surface area contributed by atoms with Crippen LogP contribution in [0.3, 0.4) is 0 Å². The number of carbonyl (C=O) groups excluding carboxylic acids is 1. The molecule has 3 aromatic rings. The fourth-order valence-electron chi connectivity index (χ4n) is 4.02. The van der Waals surface area contributed by atoms with E-state index in [1.165, 1.54) is 12.1 Å². The van der Waals surface area contributed by atoms with Gasteiger partial charge in [-0.15, -0.1) is 0 Å². The SMILES string of the molecule is O=C(NCCCN1CCOCC1)/C(=C/c1ccc(C(=O)O)cc1)COc1cccc2ccccc12. The zero-order chi connectivity index (χ0) is 24.5. The molecule has 1 saturated heterocycles. The molecule has 0 saturated carbocycles. The lowest BCUT2D eigenvalue weighted by molar-refractivity contribution is -0.117. The number of carboxylic acid groups (broad SMARTS) is 1. The molecule has 0 radical (unpaired) electrons. The molecule has 3 aromatic carbocycles. The molecule has 0 bridgehead atoms. The molecule has 0 unspecified atom stereocenters. The Hall–Kier alpha value is -3.68. The zero-order valence-corrected chi connectivity index (χ0v) is 19.6. The van der Waals surface area contributed by atoms with E-state index in [0.29, 0.717) is 17.9 Å². The first kappa shape index (κ1) is 24.4. The number of nitrogens with zero attached hydrogens (tertiary/aromatic N) is 1. The fraction of sp³-hybridized carbons (Fsp3) is 0.286. The summed E-state index contributed by atoms with van der Waals surface area (Å²) < 4.78 is 11.5. The van der Waals surface area contributed by atoms with Crippen LogP contribution in [0.2, 0.25) is 0 Å². The van der Waals surface area contributed by atoms with E-state index in [2.05, 4.69) is 10.2 Å². The molecule has 2 N–H and O–H groups in total. The fourth-order valence-corrected chi connectivity index (χ4v) is 4.02. The topological polar surface area (TPSA) is 88.1 Å². The number of hydrogen-bond donors (Lipinski definition) is 2. The molecule has 35 heavy (non-hydrogen) atoms. The summed E-state index contributed by atoms with van der Waals surface area (Å²) >= 11 is 0. The van der Waals surface area contributed by atoms with Gasteiger partial charge in [0.25, 0.3) is 5.91 Å². The highest BCUT2D eigenvalue weighted by Crippen LogP contribution is 2.25. The zero-order valence-electron chi connectivity index (χ0n) is 19.6. The molecule has 0 atom stereocenters. The Morgan fingerprint density at radius 1 is 1.00 bits per heavy atom. The van der Waals surface area contributed by atoms with Crippen LogP contribution in [-0.2, 0) is 9.53 Å². The molecule has 1 amide bonds. The van der Waals surface area contributed by atoms with Crippen molar-refractivity contribution < 1.29 is 24.2 Å². The van der Waals surface area contributed by atoms with Crippen molar-refractivity contribution in [3.63, 3.8) is 0 Å². The molecule has 7 heteroatoms. The highest BCUT2D eigenvalue weighted by molar-refractivity contribution is 5.98. The summed E-state index contributed by atoms with van der Waals surface area (Å²) in [7, 11) is 0. The van der Waals surface area contributed by atoms with E-state index in [0.717, 1.165) is 55.6 Å². The molecular formula is C28H30N2O5. The summed E-state index contributed by atoms with van der Waals surface area (Å²) in [6.45, 7) is 4.90. The molecule has 1 heterocycles. The number of nitrogens with one attached hydrogen (secondary N) is 1. The van der Waals surface area contributed by atoms with E-state index in [1.54, 1.807) is 18.2 Å². The third kappa shape index (κ3) is 6.91. The lowest BCUT2D eigenvalue weighted by Gasteiger charge is -2.26. The van der Waals surface area contributed by atoms with Gasteiger partial charge in [-0.05, 0) is 48.2 Å². The number of ether oxygens (including phenoxy) is 2. The number of carbonyl (C=O) groups is 2. The highest BCUT2D eigenvalue weighted by Gasteiger charge is 2.14. The third-order valence-corrected chi connectivity index (χ3v) is 5.96. The van der Waals surface area contributed by atoms with Gasteiger partial charge in [0, 0.05) is 25.0 Å². The van der Waals surface area contributed by atoms with Gasteiger partial charge in [-0.3, -0.25) is 9.69 Å². The van der Waals surface area contributed by atoms with Crippen molar-refractivity contribution in [3.8, 4) is 5.75 Å². The number of amides is 1. The summed E-state index contributed by atoms with van der Waals surface area (Å²) in [5.74, 6) is -0.483. The van der Waals surface area contributed by atoms with Crippen LogP contribution in [0.25, 0.3) is 16.8 Å². The third-order valence-electron chi connectivity index (χ3n) is 5.96. The van der Waals surface area contributed by atoms with Crippen LogP contribution in [0.5, 0.6) is 5.75 Å². The molecule has 7 nitrogen and oxygen atoms in total. The Kier molecular flexibility index (Phi) is 8.48. The molecule has 0 spiro atoms. The normalized spacial score (nSPS) is 14.6. The van der Waals surface area contributed by atoms with Gasteiger partial charge in [0.15, 0.2) is 0 Å². The van der Waals surface area contributed by atoms with Crippen molar-refractivity contribution in [1.29, 1.82) is 0 Å². The maximum atomic E-state index is 13.1. The largest absolute Gasteiger partial charge is 0.488 e. The van der Waals surface area contributed by atoms with Crippen molar-refractivity contribution in [2.75, 3.05) is 46.0 Å². The molecule has 4 rings (SSSR count). The standard InChI is InChI=1S/C28H30N2O5/c31-27(29-13-4-14-30-15-17-34-18-16-30)24(19-21-9-11-23(12-10-21)28(32)33)20-35-26-8-3-6-22-5-1-2-7-25(22)26/h1-3,5-12,19H,4,13-18,20H2,(H,29,31)(H,32,33)/b24-19+. The van der Waals surface area contributed by atoms with E-state index in [1.807, 2.05) is 42.5 Å². The monoisotopic (exact) mass is 474 g/mol. The second kappa shape index (κ2) is 12.1. The minimum absolute atomic E-state index is 0.0873. The van der Waals surface area contributed by atoms with Crippen molar-refractivity contribution in [1.82, 2.24) is 10.2 Å². The van der Waals surface area contributed by atoms with Gasteiger partial charge >= 0.3 is 5.97 Å². The van der Waals surface area contributed by atoms with Gasteiger partial charge < -0.3 is 19.9 Å². The first-order chi connectivity index (χ1) is 17.1. The Balaban J connectivity index is 1.45. The van der Waals surface area contributed by atoms with Crippen molar-refractivity contribution in [2.24, 2.45) is 0 Å². The van der Waals surface area contributed by atoms with Gasteiger partial charge in [0.2, 0.25) is 0 Å². The van der Waals surface area contributed by atoms with E-state index < -0.39 is 5.97 Å². The first-order valence-corrected chi connectivity index (χ1v) is 11.8. The quantitative estimate of drug-likeness (QED) is 0.343. The van der Waals surface area contributed by atoms with Gasteiger partial charge in [0.05, 0.1) is 24.4 Å². The summed E-state index contributed by atoms with van der Waals surface area (Å²) in [6.07, 6.45) is 2.59. The Labute approximate surface area is 205 Å².